The first-order valence-corrected chi connectivity index (χ1v) is 7.51. The number of rotatable bonds is 3. The lowest BCUT2D eigenvalue weighted by Gasteiger charge is -2.09. The fourth-order valence-electron chi connectivity index (χ4n) is 2.54. The number of carbonyl (C=O) groups is 1. The van der Waals surface area contributed by atoms with Gasteiger partial charge in [-0.25, -0.2) is 4.98 Å². The second kappa shape index (κ2) is 6.11. The van der Waals surface area contributed by atoms with Crippen LogP contribution in [-0.4, -0.2) is 20.4 Å². The molecule has 0 aliphatic heterocycles. The van der Waals surface area contributed by atoms with Crippen LogP contribution >= 0.6 is 0 Å². The van der Waals surface area contributed by atoms with Crippen LogP contribution < -0.4 is 16.4 Å². The monoisotopic (exact) mass is 324 g/mol. The number of hydrogen-bond donors (Lipinski definition) is 2. The van der Waals surface area contributed by atoms with Crippen molar-refractivity contribution in [2.24, 2.45) is 0 Å². The fraction of sp³-hybridized carbons (Fsp3) is 0.176. The van der Waals surface area contributed by atoms with E-state index in [-0.39, 0.29) is 5.91 Å². The van der Waals surface area contributed by atoms with Gasteiger partial charge in [-0.3, -0.25) is 14.4 Å². The third-order valence-corrected chi connectivity index (χ3v) is 3.68. The number of pyridine rings is 1. The SMILES string of the molecule is CCn1c(=O)c(=O)[nH]c2cc(C(=O)Nc3cccc(C)n3)ccc21. The van der Waals surface area contributed by atoms with Crippen molar-refractivity contribution in [2.75, 3.05) is 5.32 Å². The number of fused-ring (bicyclic) bond motifs is 1. The van der Waals surface area contributed by atoms with Crippen molar-refractivity contribution in [1.29, 1.82) is 0 Å². The summed E-state index contributed by atoms with van der Waals surface area (Å²) in [6, 6.07) is 10.1. The van der Waals surface area contributed by atoms with Crippen molar-refractivity contribution in [3.8, 4) is 0 Å². The van der Waals surface area contributed by atoms with Gasteiger partial charge in [0.15, 0.2) is 0 Å². The highest BCUT2D eigenvalue weighted by Gasteiger charge is 2.11. The van der Waals surface area contributed by atoms with Gasteiger partial charge in [0, 0.05) is 17.8 Å². The molecule has 0 spiro atoms. The Balaban J connectivity index is 2.02. The Morgan fingerprint density at radius 2 is 2.04 bits per heavy atom. The van der Waals surface area contributed by atoms with E-state index in [2.05, 4.69) is 15.3 Å². The molecular formula is C17H16N4O3. The summed E-state index contributed by atoms with van der Waals surface area (Å²) >= 11 is 0. The summed E-state index contributed by atoms with van der Waals surface area (Å²) in [5, 5.41) is 2.71. The molecule has 0 radical (unpaired) electrons. The minimum Gasteiger partial charge on any atom is -0.316 e. The zero-order chi connectivity index (χ0) is 17.3. The van der Waals surface area contributed by atoms with Crippen molar-refractivity contribution in [3.05, 3.63) is 68.4 Å². The number of hydrogen-bond acceptors (Lipinski definition) is 4. The van der Waals surface area contributed by atoms with E-state index in [1.54, 1.807) is 37.3 Å². The first-order chi connectivity index (χ1) is 11.5. The smallest absolute Gasteiger partial charge is 0.316 e. The molecule has 122 valence electrons. The maximum atomic E-state index is 12.4. The molecule has 2 heterocycles. The van der Waals surface area contributed by atoms with Crippen molar-refractivity contribution in [2.45, 2.75) is 20.4 Å². The molecule has 2 aromatic heterocycles. The number of H-pyrrole nitrogens is 1. The Kier molecular flexibility index (Phi) is 3.99. The van der Waals surface area contributed by atoms with Crippen LogP contribution in [0.1, 0.15) is 23.0 Å². The minimum atomic E-state index is -0.706. The zero-order valence-corrected chi connectivity index (χ0v) is 13.3. The number of aromatic amines is 1. The van der Waals surface area contributed by atoms with Gasteiger partial charge >= 0.3 is 11.1 Å². The van der Waals surface area contributed by atoms with Gasteiger partial charge in [-0.2, -0.15) is 0 Å². The van der Waals surface area contributed by atoms with Gasteiger partial charge in [0.05, 0.1) is 11.0 Å². The van der Waals surface area contributed by atoms with Crippen LogP contribution in [0.25, 0.3) is 11.0 Å². The Morgan fingerprint density at radius 3 is 2.75 bits per heavy atom. The standard InChI is InChI=1S/C17H16N4O3/c1-3-21-13-8-7-11(9-12(13)19-16(23)17(21)24)15(22)20-14-6-4-5-10(2)18-14/h4-9H,3H2,1-2H3,(H,19,23)(H,18,20,22). The van der Waals surface area contributed by atoms with Gasteiger partial charge < -0.3 is 14.9 Å². The van der Waals surface area contributed by atoms with Crippen LogP contribution in [0.5, 0.6) is 0 Å². The predicted molar refractivity (Wildman–Crippen MR) is 91.4 cm³/mol. The fourth-order valence-corrected chi connectivity index (χ4v) is 2.54. The Bertz CT molecular complexity index is 1050. The molecule has 0 bridgehead atoms. The van der Waals surface area contributed by atoms with Crippen molar-refractivity contribution >= 4 is 22.8 Å². The van der Waals surface area contributed by atoms with E-state index >= 15 is 0 Å². The third kappa shape index (κ3) is 2.83. The van der Waals surface area contributed by atoms with E-state index in [9.17, 15) is 14.4 Å². The van der Waals surface area contributed by atoms with Crippen LogP contribution in [0.15, 0.2) is 46.0 Å². The molecule has 1 amide bonds. The van der Waals surface area contributed by atoms with E-state index in [1.807, 2.05) is 13.0 Å². The first kappa shape index (κ1) is 15.7. The summed E-state index contributed by atoms with van der Waals surface area (Å²) in [6.07, 6.45) is 0. The van der Waals surface area contributed by atoms with Crippen LogP contribution in [0.3, 0.4) is 0 Å². The van der Waals surface area contributed by atoms with Gasteiger partial charge in [-0.15, -0.1) is 0 Å². The molecule has 24 heavy (non-hydrogen) atoms. The summed E-state index contributed by atoms with van der Waals surface area (Å²) < 4.78 is 1.37. The summed E-state index contributed by atoms with van der Waals surface area (Å²) in [5.41, 5.74) is 0.859. The molecule has 2 N–H and O–H groups in total. The number of aryl methyl sites for hydroxylation is 2. The van der Waals surface area contributed by atoms with Gasteiger partial charge in [0.2, 0.25) is 0 Å². The van der Waals surface area contributed by atoms with E-state index in [0.717, 1.165) is 5.69 Å². The van der Waals surface area contributed by atoms with Gasteiger partial charge in [0.1, 0.15) is 5.82 Å². The maximum Gasteiger partial charge on any atom is 0.316 e. The maximum absolute atomic E-state index is 12.4. The molecule has 3 aromatic rings. The second-order valence-corrected chi connectivity index (χ2v) is 5.35. The number of carbonyl (C=O) groups excluding carboxylic acids is 1. The molecule has 1 aromatic carbocycles. The van der Waals surface area contributed by atoms with Gasteiger partial charge in [0.25, 0.3) is 5.91 Å². The Hall–Kier alpha value is -3.22. The Labute approximate surface area is 137 Å². The Morgan fingerprint density at radius 1 is 1.25 bits per heavy atom. The molecule has 0 saturated carbocycles. The highest BCUT2D eigenvalue weighted by molar-refractivity contribution is 6.05. The molecule has 7 heteroatoms. The number of amides is 1. The highest BCUT2D eigenvalue weighted by Crippen LogP contribution is 2.13. The summed E-state index contributed by atoms with van der Waals surface area (Å²) in [5.74, 6) is 0.109. The minimum absolute atomic E-state index is 0.343. The molecule has 7 nitrogen and oxygen atoms in total. The molecule has 0 aliphatic carbocycles. The molecule has 0 atom stereocenters. The largest absolute Gasteiger partial charge is 0.316 e. The van der Waals surface area contributed by atoms with Crippen molar-refractivity contribution in [1.82, 2.24) is 14.5 Å². The van der Waals surface area contributed by atoms with E-state index < -0.39 is 11.1 Å². The summed E-state index contributed by atoms with van der Waals surface area (Å²) in [4.78, 5) is 42.7. The zero-order valence-electron chi connectivity index (χ0n) is 13.3. The normalized spacial score (nSPS) is 10.8. The quantitative estimate of drug-likeness (QED) is 0.716. The van der Waals surface area contributed by atoms with Crippen LogP contribution in [0.2, 0.25) is 0 Å². The number of nitrogens with one attached hydrogen (secondary N) is 2. The highest BCUT2D eigenvalue weighted by atomic mass is 16.2. The first-order valence-electron chi connectivity index (χ1n) is 7.51. The average molecular weight is 324 g/mol. The summed E-state index contributed by atoms with van der Waals surface area (Å²) in [7, 11) is 0. The molecular weight excluding hydrogens is 308 g/mol. The molecule has 0 fully saturated rings. The summed E-state index contributed by atoms with van der Waals surface area (Å²) in [6.45, 7) is 3.99. The van der Waals surface area contributed by atoms with E-state index in [4.69, 9.17) is 0 Å². The average Bonchev–Trinajstić information content (AvgIpc) is 2.55. The van der Waals surface area contributed by atoms with Crippen molar-refractivity contribution in [3.63, 3.8) is 0 Å². The van der Waals surface area contributed by atoms with Crippen molar-refractivity contribution < 1.29 is 4.79 Å². The van der Waals surface area contributed by atoms with Gasteiger partial charge in [-0.05, 0) is 44.2 Å². The number of anilines is 1. The van der Waals surface area contributed by atoms with Crippen LogP contribution in [-0.2, 0) is 6.54 Å². The topological polar surface area (TPSA) is 96.9 Å². The molecule has 0 aliphatic rings. The number of nitrogens with zero attached hydrogens (tertiary/aromatic N) is 2. The van der Waals surface area contributed by atoms with Crippen LogP contribution in [0.4, 0.5) is 5.82 Å². The second-order valence-electron chi connectivity index (χ2n) is 5.35. The molecule has 0 saturated heterocycles. The predicted octanol–water partition coefficient (Wildman–Crippen LogP) is 1.67. The lowest BCUT2D eigenvalue weighted by Crippen LogP contribution is -2.36. The number of benzene rings is 1. The van der Waals surface area contributed by atoms with Gasteiger partial charge in [-0.1, -0.05) is 6.07 Å². The molecule has 3 rings (SSSR count). The molecule has 0 unspecified atom stereocenters. The third-order valence-electron chi connectivity index (χ3n) is 3.68. The van der Waals surface area contributed by atoms with E-state index in [0.29, 0.717) is 29.0 Å². The van der Waals surface area contributed by atoms with Crippen LogP contribution in [0, 0.1) is 6.92 Å². The lowest BCUT2D eigenvalue weighted by atomic mass is 10.1. The number of aromatic nitrogens is 3. The van der Waals surface area contributed by atoms with E-state index in [1.165, 1.54) is 4.57 Å². The lowest BCUT2D eigenvalue weighted by molar-refractivity contribution is 0.102.